The quantitative estimate of drug-likeness (QED) is 0.809. The van der Waals surface area contributed by atoms with Gasteiger partial charge in [0.15, 0.2) is 0 Å². The molecule has 2 N–H and O–H groups in total. The summed E-state index contributed by atoms with van der Waals surface area (Å²) in [4.78, 5) is 0. The Labute approximate surface area is 96.9 Å². The van der Waals surface area contributed by atoms with E-state index < -0.39 is 0 Å². The van der Waals surface area contributed by atoms with Crippen LogP contribution in [0.3, 0.4) is 0 Å². The van der Waals surface area contributed by atoms with Gasteiger partial charge in [0.1, 0.15) is 0 Å². The summed E-state index contributed by atoms with van der Waals surface area (Å²) < 4.78 is 0. The number of hydrogen-bond acceptors (Lipinski definition) is 1. The number of benzene rings is 2. The van der Waals surface area contributed by atoms with E-state index >= 15 is 0 Å². The molecule has 0 aliphatic rings. The minimum absolute atomic E-state index is 0.586. The normalized spacial score (nSPS) is 10.4. The van der Waals surface area contributed by atoms with Crippen LogP contribution in [0.4, 0.5) is 0 Å². The summed E-state index contributed by atoms with van der Waals surface area (Å²) in [6.45, 7) is 4.86. The summed E-state index contributed by atoms with van der Waals surface area (Å²) in [6, 6.07) is 14.9. The number of rotatable bonds is 2. The van der Waals surface area contributed by atoms with Crippen LogP contribution in [-0.4, -0.2) is 0 Å². The molecular formula is C15H17N. The van der Waals surface area contributed by atoms with Crippen molar-refractivity contribution in [3.63, 3.8) is 0 Å². The minimum atomic E-state index is 0.586. The molecule has 0 heterocycles. The largest absolute Gasteiger partial charge is 0.326 e. The smallest absolute Gasteiger partial charge is 0.0184 e. The fraction of sp³-hybridized carbons (Fsp3) is 0.200. The summed E-state index contributed by atoms with van der Waals surface area (Å²) in [5.41, 5.74) is 12.1. The van der Waals surface area contributed by atoms with Gasteiger partial charge in [-0.15, -0.1) is 0 Å². The molecule has 0 aliphatic carbocycles. The van der Waals surface area contributed by atoms with Crippen molar-refractivity contribution in [1.82, 2.24) is 0 Å². The minimum Gasteiger partial charge on any atom is -0.326 e. The Morgan fingerprint density at radius 2 is 1.69 bits per heavy atom. The lowest BCUT2D eigenvalue weighted by molar-refractivity contribution is 1.07. The van der Waals surface area contributed by atoms with Crippen LogP contribution in [0.25, 0.3) is 11.1 Å². The van der Waals surface area contributed by atoms with Gasteiger partial charge in [-0.3, -0.25) is 0 Å². The second-order valence-corrected chi connectivity index (χ2v) is 4.16. The molecule has 2 rings (SSSR count). The van der Waals surface area contributed by atoms with Gasteiger partial charge >= 0.3 is 0 Å². The van der Waals surface area contributed by atoms with Crippen LogP contribution in [-0.2, 0) is 6.54 Å². The average Bonchev–Trinajstić information content (AvgIpc) is 2.32. The summed E-state index contributed by atoms with van der Waals surface area (Å²) >= 11 is 0. The first-order chi connectivity index (χ1) is 7.72. The van der Waals surface area contributed by atoms with E-state index in [0.717, 1.165) is 0 Å². The van der Waals surface area contributed by atoms with Crippen molar-refractivity contribution >= 4 is 0 Å². The van der Waals surface area contributed by atoms with Crippen molar-refractivity contribution in [2.24, 2.45) is 5.73 Å². The Hall–Kier alpha value is -1.60. The van der Waals surface area contributed by atoms with Gasteiger partial charge in [0.05, 0.1) is 0 Å². The zero-order valence-corrected chi connectivity index (χ0v) is 9.83. The van der Waals surface area contributed by atoms with Crippen LogP contribution in [0.1, 0.15) is 16.7 Å². The molecule has 2 aromatic carbocycles. The van der Waals surface area contributed by atoms with Crippen LogP contribution < -0.4 is 5.73 Å². The van der Waals surface area contributed by atoms with Gasteiger partial charge in [0.2, 0.25) is 0 Å². The Balaban J connectivity index is 2.54. The monoisotopic (exact) mass is 211 g/mol. The van der Waals surface area contributed by atoms with Gasteiger partial charge in [-0.05, 0) is 41.7 Å². The second-order valence-electron chi connectivity index (χ2n) is 4.16. The van der Waals surface area contributed by atoms with E-state index in [-0.39, 0.29) is 0 Å². The van der Waals surface area contributed by atoms with Crippen LogP contribution in [0.2, 0.25) is 0 Å². The molecule has 1 heteroatoms. The highest BCUT2D eigenvalue weighted by Crippen LogP contribution is 2.25. The third kappa shape index (κ3) is 2.00. The summed E-state index contributed by atoms with van der Waals surface area (Å²) in [5, 5.41) is 0. The van der Waals surface area contributed by atoms with Crippen molar-refractivity contribution in [3.05, 3.63) is 59.2 Å². The van der Waals surface area contributed by atoms with E-state index in [4.69, 9.17) is 5.73 Å². The van der Waals surface area contributed by atoms with Crippen molar-refractivity contribution in [2.75, 3.05) is 0 Å². The first kappa shape index (κ1) is 10.9. The lowest BCUT2D eigenvalue weighted by atomic mass is 9.97. The first-order valence-corrected chi connectivity index (χ1v) is 5.58. The molecule has 0 spiro atoms. The van der Waals surface area contributed by atoms with Crippen molar-refractivity contribution in [2.45, 2.75) is 20.4 Å². The number of nitrogens with two attached hydrogens (primary N) is 1. The third-order valence-corrected chi connectivity index (χ3v) is 3.06. The molecule has 1 nitrogen and oxygen atoms in total. The Morgan fingerprint density at radius 3 is 2.38 bits per heavy atom. The molecule has 0 saturated heterocycles. The molecule has 0 aromatic heterocycles. The molecule has 16 heavy (non-hydrogen) atoms. The molecule has 0 saturated carbocycles. The van der Waals surface area contributed by atoms with Crippen molar-refractivity contribution < 1.29 is 0 Å². The van der Waals surface area contributed by atoms with Gasteiger partial charge in [-0.25, -0.2) is 0 Å². The van der Waals surface area contributed by atoms with Gasteiger partial charge in [-0.2, -0.15) is 0 Å². The van der Waals surface area contributed by atoms with Crippen molar-refractivity contribution in [3.8, 4) is 11.1 Å². The zero-order chi connectivity index (χ0) is 11.5. The highest BCUT2D eigenvalue weighted by atomic mass is 14.5. The maximum atomic E-state index is 5.76. The molecule has 0 amide bonds. The maximum Gasteiger partial charge on any atom is 0.0184 e. The highest BCUT2D eigenvalue weighted by Gasteiger charge is 2.03. The average molecular weight is 211 g/mol. The molecule has 0 radical (unpaired) electrons. The van der Waals surface area contributed by atoms with E-state index in [1.807, 2.05) is 6.07 Å². The van der Waals surface area contributed by atoms with E-state index in [2.05, 4.69) is 50.2 Å². The summed E-state index contributed by atoms with van der Waals surface area (Å²) in [7, 11) is 0. The van der Waals surface area contributed by atoms with Gasteiger partial charge in [-0.1, -0.05) is 42.5 Å². The first-order valence-electron chi connectivity index (χ1n) is 5.58. The predicted molar refractivity (Wildman–Crippen MR) is 69.2 cm³/mol. The zero-order valence-electron chi connectivity index (χ0n) is 9.83. The molecule has 82 valence electrons. The Morgan fingerprint density at radius 1 is 0.938 bits per heavy atom. The molecule has 0 atom stereocenters. The maximum absolute atomic E-state index is 5.76. The third-order valence-electron chi connectivity index (χ3n) is 3.06. The second kappa shape index (κ2) is 4.50. The van der Waals surface area contributed by atoms with E-state index in [0.29, 0.717) is 6.54 Å². The fourth-order valence-electron chi connectivity index (χ4n) is 1.89. The SMILES string of the molecule is Cc1ccc(-c2ccccc2CN)cc1C. The standard InChI is InChI=1S/C15H17N/c1-11-7-8-13(9-12(11)2)15-6-4-3-5-14(15)10-16/h3-9H,10,16H2,1-2H3. The van der Waals surface area contributed by atoms with E-state index in [9.17, 15) is 0 Å². The topological polar surface area (TPSA) is 26.0 Å². The lowest BCUT2D eigenvalue weighted by Crippen LogP contribution is -1.98. The molecular weight excluding hydrogens is 194 g/mol. The van der Waals surface area contributed by atoms with E-state index in [1.165, 1.54) is 27.8 Å². The van der Waals surface area contributed by atoms with Gasteiger partial charge in [0, 0.05) is 6.54 Å². The highest BCUT2D eigenvalue weighted by molar-refractivity contribution is 5.68. The summed E-state index contributed by atoms with van der Waals surface area (Å²) in [5.74, 6) is 0. The van der Waals surface area contributed by atoms with E-state index in [1.54, 1.807) is 0 Å². The van der Waals surface area contributed by atoms with Crippen LogP contribution in [0.15, 0.2) is 42.5 Å². The van der Waals surface area contributed by atoms with Crippen LogP contribution in [0.5, 0.6) is 0 Å². The predicted octanol–water partition coefficient (Wildman–Crippen LogP) is 3.43. The fourth-order valence-corrected chi connectivity index (χ4v) is 1.89. The van der Waals surface area contributed by atoms with Crippen LogP contribution in [0, 0.1) is 13.8 Å². The molecule has 0 unspecified atom stereocenters. The number of hydrogen-bond donors (Lipinski definition) is 1. The van der Waals surface area contributed by atoms with Gasteiger partial charge < -0.3 is 5.73 Å². The van der Waals surface area contributed by atoms with Gasteiger partial charge in [0.25, 0.3) is 0 Å². The lowest BCUT2D eigenvalue weighted by Gasteiger charge is -2.09. The Bertz CT molecular complexity index is 501. The number of aryl methyl sites for hydroxylation is 2. The summed E-state index contributed by atoms with van der Waals surface area (Å²) in [6.07, 6.45) is 0. The van der Waals surface area contributed by atoms with Crippen molar-refractivity contribution in [1.29, 1.82) is 0 Å². The molecule has 0 bridgehead atoms. The Kier molecular flexibility index (Phi) is 3.07. The van der Waals surface area contributed by atoms with Crippen LogP contribution >= 0.6 is 0 Å². The molecule has 0 fully saturated rings. The molecule has 0 aliphatic heterocycles. The molecule has 2 aromatic rings.